The van der Waals surface area contributed by atoms with Crippen LogP contribution in [0.2, 0.25) is 0 Å². The van der Waals surface area contributed by atoms with Gasteiger partial charge in [0, 0.05) is 17.0 Å². The van der Waals surface area contributed by atoms with E-state index in [1.165, 1.54) is 10.9 Å². The molecule has 2 heteroatoms. The summed E-state index contributed by atoms with van der Waals surface area (Å²) in [5.74, 6) is 0.146. The van der Waals surface area contributed by atoms with E-state index in [0.29, 0.717) is 6.54 Å². The standard InChI is InChI=1S/C19H18NO/c1-14-7-8-18(15(2)11-14)19(21)13-20-10-9-16-5-3-4-6-17(16)12-20/h3-12H,13H2,1-2H3/q+1. The van der Waals surface area contributed by atoms with Crippen molar-refractivity contribution in [1.82, 2.24) is 0 Å². The Morgan fingerprint density at radius 1 is 1.00 bits per heavy atom. The Morgan fingerprint density at radius 2 is 1.76 bits per heavy atom. The van der Waals surface area contributed by atoms with Crippen LogP contribution in [0.1, 0.15) is 21.5 Å². The van der Waals surface area contributed by atoms with E-state index in [9.17, 15) is 4.79 Å². The lowest BCUT2D eigenvalue weighted by Crippen LogP contribution is -2.37. The summed E-state index contributed by atoms with van der Waals surface area (Å²) in [5, 5.41) is 2.33. The number of Topliss-reactive ketones (excluding diaryl/α,β-unsaturated/α-hetero) is 1. The lowest BCUT2D eigenvalue weighted by Gasteiger charge is -2.04. The molecule has 0 aliphatic carbocycles. The Kier molecular flexibility index (Phi) is 3.53. The van der Waals surface area contributed by atoms with E-state index >= 15 is 0 Å². The van der Waals surface area contributed by atoms with Crippen molar-refractivity contribution < 1.29 is 9.36 Å². The summed E-state index contributed by atoms with van der Waals surface area (Å²) >= 11 is 0. The van der Waals surface area contributed by atoms with E-state index in [1.807, 2.05) is 61.1 Å². The minimum Gasteiger partial charge on any atom is -0.287 e. The van der Waals surface area contributed by atoms with Crippen molar-refractivity contribution in [3.8, 4) is 0 Å². The Bertz CT molecular complexity index is 821. The van der Waals surface area contributed by atoms with Gasteiger partial charge in [0.05, 0.1) is 0 Å². The quantitative estimate of drug-likeness (QED) is 0.528. The van der Waals surface area contributed by atoms with Crippen molar-refractivity contribution in [2.24, 2.45) is 0 Å². The maximum Gasteiger partial charge on any atom is 0.227 e. The largest absolute Gasteiger partial charge is 0.287 e. The fourth-order valence-electron chi connectivity index (χ4n) is 2.65. The molecule has 0 spiro atoms. The van der Waals surface area contributed by atoms with Crippen molar-refractivity contribution in [2.45, 2.75) is 20.4 Å². The molecule has 21 heavy (non-hydrogen) atoms. The molecule has 0 fully saturated rings. The molecule has 0 bridgehead atoms. The van der Waals surface area contributed by atoms with Gasteiger partial charge in [-0.05, 0) is 30.9 Å². The molecule has 2 aromatic carbocycles. The minimum atomic E-state index is 0.146. The first-order valence-corrected chi connectivity index (χ1v) is 7.12. The lowest BCUT2D eigenvalue weighted by atomic mass is 10.0. The molecule has 104 valence electrons. The predicted octanol–water partition coefficient (Wildman–Crippen LogP) is 3.63. The maximum absolute atomic E-state index is 12.5. The van der Waals surface area contributed by atoms with E-state index in [-0.39, 0.29) is 5.78 Å². The molecule has 3 rings (SSSR count). The maximum atomic E-state index is 12.5. The summed E-state index contributed by atoms with van der Waals surface area (Å²) in [6.07, 6.45) is 3.99. The molecule has 0 aliphatic rings. The molecule has 0 atom stereocenters. The highest BCUT2D eigenvalue weighted by Crippen LogP contribution is 2.12. The number of ketones is 1. The first-order chi connectivity index (χ1) is 10.1. The Balaban J connectivity index is 1.89. The van der Waals surface area contributed by atoms with Crippen molar-refractivity contribution >= 4 is 16.6 Å². The molecule has 0 saturated heterocycles. The molecule has 1 aromatic heterocycles. The fourth-order valence-corrected chi connectivity index (χ4v) is 2.65. The van der Waals surface area contributed by atoms with Gasteiger partial charge in [0.2, 0.25) is 12.3 Å². The molecular formula is C19H18NO+. The smallest absolute Gasteiger partial charge is 0.227 e. The lowest BCUT2D eigenvalue weighted by molar-refractivity contribution is -0.681. The topological polar surface area (TPSA) is 20.9 Å². The van der Waals surface area contributed by atoms with Gasteiger partial charge in [-0.3, -0.25) is 4.79 Å². The number of benzene rings is 2. The van der Waals surface area contributed by atoms with Crippen LogP contribution >= 0.6 is 0 Å². The van der Waals surface area contributed by atoms with Gasteiger partial charge in [-0.1, -0.05) is 42.0 Å². The van der Waals surface area contributed by atoms with Gasteiger partial charge < -0.3 is 0 Å². The molecule has 0 saturated carbocycles. The molecule has 0 unspecified atom stereocenters. The SMILES string of the molecule is Cc1ccc(C(=O)C[n+]2ccc3ccccc3c2)c(C)c1. The van der Waals surface area contributed by atoms with E-state index in [2.05, 4.69) is 18.2 Å². The van der Waals surface area contributed by atoms with Gasteiger partial charge >= 0.3 is 0 Å². The van der Waals surface area contributed by atoms with Crippen LogP contribution in [0.4, 0.5) is 0 Å². The zero-order chi connectivity index (χ0) is 14.8. The average Bonchev–Trinajstić information content (AvgIpc) is 2.47. The number of fused-ring (bicyclic) bond motifs is 1. The number of nitrogens with zero attached hydrogens (tertiary/aromatic N) is 1. The monoisotopic (exact) mass is 276 g/mol. The molecule has 3 aromatic rings. The second-order valence-corrected chi connectivity index (χ2v) is 5.49. The highest BCUT2D eigenvalue weighted by Gasteiger charge is 2.14. The summed E-state index contributed by atoms with van der Waals surface area (Å²) in [6.45, 7) is 4.40. The molecule has 0 aliphatic heterocycles. The van der Waals surface area contributed by atoms with E-state index in [4.69, 9.17) is 0 Å². The number of pyridine rings is 1. The van der Waals surface area contributed by atoms with Gasteiger partial charge in [0.15, 0.2) is 12.4 Å². The van der Waals surface area contributed by atoms with Crippen molar-refractivity contribution in [1.29, 1.82) is 0 Å². The van der Waals surface area contributed by atoms with Crippen LogP contribution in [0.5, 0.6) is 0 Å². The average molecular weight is 276 g/mol. The molecule has 0 amide bonds. The highest BCUT2D eigenvalue weighted by molar-refractivity contribution is 5.96. The van der Waals surface area contributed by atoms with E-state index in [1.54, 1.807) is 0 Å². The number of hydrogen-bond acceptors (Lipinski definition) is 1. The van der Waals surface area contributed by atoms with Gasteiger partial charge in [-0.15, -0.1) is 0 Å². The number of carbonyl (C=O) groups excluding carboxylic acids is 1. The molecule has 2 nitrogen and oxygen atoms in total. The predicted molar refractivity (Wildman–Crippen MR) is 84.4 cm³/mol. The highest BCUT2D eigenvalue weighted by atomic mass is 16.1. The van der Waals surface area contributed by atoms with Gasteiger partial charge in [0.1, 0.15) is 0 Å². The minimum absolute atomic E-state index is 0.146. The van der Waals surface area contributed by atoms with Crippen LogP contribution in [-0.2, 0) is 6.54 Å². The molecular weight excluding hydrogens is 258 g/mol. The fraction of sp³-hybridized carbons (Fsp3) is 0.158. The first kappa shape index (κ1) is 13.5. The normalized spacial score (nSPS) is 10.8. The zero-order valence-corrected chi connectivity index (χ0v) is 12.3. The van der Waals surface area contributed by atoms with Gasteiger partial charge in [-0.2, -0.15) is 4.57 Å². The van der Waals surface area contributed by atoms with Crippen LogP contribution in [0.25, 0.3) is 10.8 Å². The Morgan fingerprint density at radius 3 is 2.52 bits per heavy atom. The van der Waals surface area contributed by atoms with Crippen molar-refractivity contribution in [3.05, 3.63) is 77.6 Å². The van der Waals surface area contributed by atoms with E-state index in [0.717, 1.165) is 16.5 Å². The third-order valence-corrected chi connectivity index (χ3v) is 3.75. The van der Waals surface area contributed by atoms with Gasteiger partial charge in [-0.25, -0.2) is 0 Å². The number of rotatable bonds is 3. The van der Waals surface area contributed by atoms with Gasteiger partial charge in [0.25, 0.3) is 0 Å². The third-order valence-electron chi connectivity index (χ3n) is 3.75. The van der Waals surface area contributed by atoms with Crippen LogP contribution in [-0.4, -0.2) is 5.78 Å². The second-order valence-electron chi connectivity index (χ2n) is 5.49. The van der Waals surface area contributed by atoms with Crippen molar-refractivity contribution in [3.63, 3.8) is 0 Å². The number of hydrogen-bond donors (Lipinski definition) is 0. The summed E-state index contributed by atoms with van der Waals surface area (Å²) in [5.41, 5.74) is 3.03. The zero-order valence-electron chi connectivity index (χ0n) is 12.3. The summed E-state index contributed by atoms with van der Waals surface area (Å²) in [6, 6.07) is 16.2. The van der Waals surface area contributed by atoms with Crippen LogP contribution < -0.4 is 4.57 Å². The summed E-state index contributed by atoms with van der Waals surface area (Å²) in [4.78, 5) is 12.5. The molecule has 0 radical (unpaired) electrons. The van der Waals surface area contributed by atoms with Crippen molar-refractivity contribution in [2.75, 3.05) is 0 Å². The molecule has 0 N–H and O–H groups in total. The second kappa shape index (κ2) is 5.49. The summed E-state index contributed by atoms with van der Waals surface area (Å²) in [7, 11) is 0. The Hall–Kier alpha value is -2.48. The van der Waals surface area contributed by atoms with E-state index < -0.39 is 0 Å². The van der Waals surface area contributed by atoms with Crippen LogP contribution in [0.3, 0.4) is 0 Å². The molecule has 1 heterocycles. The number of carbonyl (C=O) groups is 1. The number of aromatic nitrogens is 1. The van der Waals surface area contributed by atoms with Crippen LogP contribution in [0, 0.1) is 13.8 Å². The number of aryl methyl sites for hydroxylation is 2. The first-order valence-electron chi connectivity index (χ1n) is 7.12. The van der Waals surface area contributed by atoms with Crippen LogP contribution in [0.15, 0.2) is 60.9 Å². The third kappa shape index (κ3) is 2.84. The summed E-state index contributed by atoms with van der Waals surface area (Å²) < 4.78 is 1.95. The Labute approximate surface area is 124 Å².